The minimum atomic E-state index is -0.314. The summed E-state index contributed by atoms with van der Waals surface area (Å²) >= 11 is 0. The number of rotatable bonds is 12. The fraction of sp³-hybridized carbons (Fsp3) is 0.455. The molecule has 26 heavy (non-hydrogen) atoms. The van der Waals surface area contributed by atoms with Gasteiger partial charge in [0, 0.05) is 13.1 Å². The van der Waals surface area contributed by atoms with E-state index >= 15 is 0 Å². The van der Waals surface area contributed by atoms with Gasteiger partial charge in [0.1, 0.15) is 12.4 Å². The minimum Gasteiger partial charge on any atom is -0.489 e. The van der Waals surface area contributed by atoms with Gasteiger partial charge in [0.25, 0.3) is 0 Å². The van der Waals surface area contributed by atoms with Crippen molar-refractivity contribution >= 4 is 0 Å². The number of benzene rings is 2. The van der Waals surface area contributed by atoms with Gasteiger partial charge in [-0.3, -0.25) is 4.90 Å². The van der Waals surface area contributed by atoms with E-state index in [1.807, 2.05) is 37.3 Å². The number of hydrogen-bond donors (Lipinski definition) is 2. The first-order valence-corrected chi connectivity index (χ1v) is 9.48. The van der Waals surface area contributed by atoms with Gasteiger partial charge in [-0.25, -0.2) is 0 Å². The van der Waals surface area contributed by atoms with E-state index in [4.69, 9.17) is 9.84 Å². The van der Waals surface area contributed by atoms with Gasteiger partial charge in [0.2, 0.25) is 0 Å². The summed E-state index contributed by atoms with van der Waals surface area (Å²) in [6.07, 6.45) is 2.43. The Kier molecular flexibility index (Phi) is 9.18. The van der Waals surface area contributed by atoms with Gasteiger partial charge >= 0.3 is 0 Å². The normalized spacial score (nSPS) is 12.3. The molecule has 4 heteroatoms. The van der Waals surface area contributed by atoms with Crippen molar-refractivity contribution in [2.45, 2.75) is 38.9 Å². The lowest BCUT2D eigenvalue weighted by Gasteiger charge is -2.23. The third-order valence-corrected chi connectivity index (χ3v) is 4.47. The van der Waals surface area contributed by atoms with Gasteiger partial charge in [-0.15, -0.1) is 0 Å². The third-order valence-electron chi connectivity index (χ3n) is 4.47. The van der Waals surface area contributed by atoms with Crippen molar-refractivity contribution in [3.05, 3.63) is 65.7 Å². The standard InChI is InChI=1S/C22H31NO3/c1-2-21(25)17-23(15-16-24)14-6-7-19-10-12-20(13-11-19)18-26-22-8-4-3-5-9-22/h3-5,8-13,21,24-25H,2,6-7,14-18H2,1H3. The van der Waals surface area contributed by atoms with Crippen LogP contribution in [0, 0.1) is 0 Å². The Morgan fingerprint density at radius 1 is 0.962 bits per heavy atom. The van der Waals surface area contributed by atoms with E-state index in [-0.39, 0.29) is 12.7 Å². The van der Waals surface area contributed by atoms with Crippen LogP contribution in [0.15, 0.2) is 54.6 Å². The molecule has 142 valence electrons. The van der Waals surface area contributed by atoms with Gasteiger partial charge < -0.3 is 14.9 Å². The summed E-state index contributed by atoms with van der Waals surface area (Å²) in [5, 5.41) is 19.0. The van der Waals surface area contributed by atoms with Crippen LogP contribution in [0.1, 0.15) is 30.9 Å². The van der Waals surface area contributed by atoms with E-state index in [1.54, 1.807) is 0 Å². The van der Waals surface area contributed by atoms with Crippen LogP contribution < -0.4 is 4.74 Å². The van der Waals surface area contributed by atoms with Crippen LogP contribution >= 0.6 is 0 Å². The maximum atomic E-state index is 9.80. The van der Waals surface area contributed by atoms with Crippen molar-refractivity contribution in [3.8, 4) is 5.75 Å². The molecule has 0 saturated heterocycles. The van der Waals surface area contributed by atoms with Crippen LogP contribution in [0.3, 0.4) is 0 Å². The molecule has 4 nitrogen and oxygen atoms in total. The number of hydrogen-bond acceptors (Lipinski definition) is 4. The predicted octanol–water partition coefficient (Wildman–Crippen LogP) is 3.26. The average Bonchev–Trinajstić information content (AvgIpc) is 2.68. The molecule has 0 aliphatic rings. The number of para-hydroxylation sites is 1. The zero-order valence-corrected chi connectivity index (χ0v) is 15.7. The van der Waals surface area contributed by atoms with Crippen molar-refractivity contribution in [1.29, 1.82) is 0 Å². The summed E-state index contributed by atoms with van der Waals surface area (Å²) < 4.78 is 5.76. The van der Waals surface area contributed by atoms with Crippen LogP contribution in [-0.2, 0) is 13.0 Å². The van der Waals surface area contributed by atoms with Crippen molar-refractivity contribution in [1.82, 2.24) is 4.90 Å². The Morgan fingerprint density at radius 2 is 1.65 bits per heavy atom. The second kappa shape index (κ2) is 11.7. The second-order valence-electron chi connectivity index (χ2n) is 6.61. The highest BCUT2D eigenvalue weighted by Gasteiger charge is 2.09. The largest absolute Gasteiger partial charge is 0.489 e. The Morgan fingerprint density at radius 3 is 2.31 bits per heavy atom. The molecule has 2 N–H and O–H groups in total. The first kappa shape index (κ1) is 20.4. The molecule has 0 radical (unpaired) electrons. The molecule has 2 rings (SSSR count). The zero-order valence-electron chi connectivity index (χ0n) is 15.7. The summed E-state index contributed by atoms with van der Waals surface area (Å²) in [6.45, 7) is 4.82. The second-order valence-corrected chi connectivity index (χ2v) is 6.61. The molecule has 0 heterocycles. The first-order chi connectivity index (χ1) is 12.7. The lowest BCUT2D eigenvalue weighted by molar-refractivity contribution is 0.0963. The molecular weight excluding hydrogens is 326 g/mol. The van der Waals surface area contributed by atoms with Crippen molar-refractivity contribution in [2.75, 3.05) is 26.2 Å². The Hall–Kier alpha value is -1.88. The van der Waals surface area contributed by atoms with Crippen molar-refractivity contribution in [2.24, 2.45) is 0 Å². The average molecular weight is 357 g/mol. The number of aliphatic hydroxyl groups is 2. The number of aliphatic hydroxyl groups excluding tert-OH is 2. The van der Waals surface area contributed by atoms with E-state index in [1.165, 1.54) is 5.56 Å². The molecule has 0 aromatic heterocycles. The summed E-state index contributed by atoms with van der Waals surface area (Å²) in [6, 6.07) is 18.4. The first-order valence-electron chi connectivity index (χ1n) is 9.48. The molecule has 0 spiro atoms. The van der Waals surface area contributed by atoms with Crippen LogP contribution in [-0.4, -0.2) is 47.5 Å². The highest BCUT2D eigenvalue weighted by molar-refractivity contribution is 5.24. The van der Waals surface area contributed by atoms with Crippen LogP contribution in [0.5, 0.6) is 5.75 Å². The molecular formula is C22H31NO3. The van der Waals surface area contributed by atoms with E-state index in [0.717, 1.165) is 37.1 Å². The summed E-state index contributed by atoms with van der Waals surface area (Å²) in [4.78, 5) is 2.14. The Bertz CT molecular complexity index is 601. The van der Waals surface area contributed by atoms with Gasteiger partial charge in [-0.2, -0.15) is 0 Å². The smallest absolute Gasteiger partial charge is 0.119 e. The molecule has 0 aliphatic heterocycles. The lowest BCUT2D eigenvalue weighted by atomic mass is 10.1. The monoisotopic (exact) mass is 357 g/mol. The maximum absolute atomic E-state index is 9.80. The molecule has 0 amide bonds. The Balaban J connectivity index is 1.74. The molecule has 0 bridgehead atoms. The molecule has 2 aromatic rings. The molecule has 0 fully saturated rings. The predicted molar refractivity (Wildman–Crippen MR) is 105 cm³/mol. The van der Waals surface area contributed by atoms with E-state index in [9.17, 15) is 5.11 Å². The van der Waals surface area contributed by atoms with E-state index in [2.05, 4.69) is 29.2 Å². The summed E-state index contributed by atoms with van der Waals surface area (Å²) in [5.41, 5.74) is 2.46. The molecule has 1 atom stereocenters. The number of aryl methyl sites for hydroxylation is 1. The summed E-state index contributed by atoms with van der Waals surface area (Å²) in [5.74, 6) is 0.884. The summed E-state index contributed by atoms with van der Waals surface area (Å²) in [7, 11) is 0. The topological polar surface area (TPSA) is 52.9 Å². The minimum absolute atomic E-state index is 0.131. The zero-order chi connectivity index (χ0) is 18.6. The van der Waals surface area contributed by atoms with Crippen LogP contribution in [0.4, 0.5) is 0 Å². The molecule has 0 saturated carbocycles. The SMILES string of the molecule is CCC(O)CN(CCO)CCCc1ccc(COc2ccccc2)cc1. The van der Waals surface area contributed by atoms with E-state index < -0.39 is 0 Å². The third kappa shape index (κ3) is 7.56. The quantitative estimate of drug-likeness (QED) is 0.612. The number of ether oxygens (including phenoxy) is 1. The number of nitrogens with zero attached hydrogens (tertiary/aromatic N) is 1. The lowest BCUT2D eigenvalue weighted by Crippen LogP contribution is -2.35. The van der Waals surface area contributed by atoms with E-state index in [0.29, 0.717) is 19.7 Å². The molecule has 1 unspecified atom stereocenters. The highest BCUT2D eigenvalue weighted by atomic mass is 16.5. The van der Waals surface area contributed by atoms with Gasteiger partial charge in [0.15, 0.2) is 0 Å². The fourth-order valence-corrected chi connectivity index (χ4v) is 2.86. The van der Waals surface area contributed by atoms with Crippen LogP contribution in [0.2, 0.25) is 0 Å². The van der Waals surface area contributed by atoms with Crippen molar-refractivity contribution < 1.29 is 14.9 Å². The van der Waals surface area contributed by atoms with Gasteiger partial charge in [-0.05, 0) is 49.1 Å². The van der Waals surface area contributed by atoms with Gasteiger partial charge in [0.05, 0.1) is 12.7 Å². The fourth-order valence-electron chi connectivity index (χ4n) is 2.86. The maximum Gasteiger partial charge on any atom is 0.119 e. The molecule has 0 aliphatic carbocycles. The van der Waals surface area contributed by atoms with Crippen molar-refractivity contribution in [3.63, 3.8) is 0 Å². The Labute approximate surface area is 157 Å². The highest BCUT2D eigenvalue weighted by Crippen LogP contribution is 2.13. The van der Waals surface area contributed by atoms with Gasteiger partial charge in [-0.1, -0.05) is 49.4 Å². The molecule has 2 aromatic carbocycles. The van der Waals surface area contributed by atoms with Crippen LogP contribution in [0.25, 0.3) is 0 Å².